The molecule has 30 heavy (non-hydrogen) atoms. The molecule has 0 unspecified atom stereocenters. The largest absolute Gasteiger partial charge is 0.478 e. The maximum Gasteiger partial charge on any atom is 0.335 e. The topological polar surface area (TPSA) is 92.4 Å². The number of unbranched alkanes of at least 4 members (excludes halogenated alkanes) is 1. The van der Waals surface area contributed by atoms with Gasteiger partial charge in [-0.25, -0.2) is 14.6 Å². The van der Waals surface area contributed by atoms with Crippen LogP contribution in [0.15, 0.2) is 47.0 Å². The fourth-order valence-electron chi connectivity index (χ4n) is 3.04. The molecule has 0 amide bonds. The number of allylic oxidation sites excluding steroid dienone is 2. The molecule has 0 aliphatic carbocycles. The average molecular weight is 429 g/mol. The smallest absolute Gasteiger partial charge is 0.335 e. The van der Waals surface area contributed by atoms with Gasteiger partial charge in [-0.2, -0.15) is 0 Å². The van der Waals surface area contributed by atoms with Gasteiger partial charge in [-0.15, -0.1) is 11.8 Å². The molecule has 1 aromatic carbocycles. The summed E-state index contributed by atoms with van der Waals surface area (Å²) < 4.78 is 2.02. The number of carboxylic acid groups (broad SMARTS) is 2. The molecule has 0 saturated carbocycles. The third-order valence-corrected chi connectivity index (χ3v) is 5.71. The first-order valence-corrected chi connectivity index (χ1v) is 11.1. The number of aromatic carboxylic acids is 1. The Labute approximate surface area is 181 Å². The maximum atomic E-state index is 11.8. The quantitative estimate of drug-likeness (QED) is 0.484. The lowest BCUT2D eigenvalue weighted by atomic mass is 10.1. The van der Waals surface area contributed by atoms with Crippen LogP contribution in [0.25, 0.3) is 6.08 Å². The molecule has 0 radical (unpaired) electrons. The Morgan fingerprint density at radius 1 is 1.20 bits per heavy atom. The number of nitrogens with zero attached hydrogens (tertiary/aromatic N) is 2. The van der Waals surface area contributed by atoms with Gasteiger partial charge in [-0.3, -0.25) is 0 Å². The summed E-state index contributed by atoms with van der Waals surface area (Å²) in [5.41, 5.74) is 2.21. The molecule has 1 aromatic heterocycles. The number of rotatable bonds is 11. The second-order valence-corrected chi connectivity index (χ2v) is 7.83. The minimum absolute atomic E-state index is 0.236. The van der Waals surface area contributed by atoms with Crippen LogP contribution in [0.1, 0.15) is 60.5 Å². The maximum absolute atomic E-state index is 11.8. The summed E-state index contributed by atoms with van der Waals surface area (Å²) in [5.74, 6) is -1.01. The first-order valence-electron chi connectivity index (χ1n) is 9.89. The number of hydrogen-bond acceptors (Lipinski definition) is 4. The van der Waals surface area contributed by atoms with E-state index in [1.165, 1.54) is 11.8 Å². The van der Waals surface area contributed by atoms with E-state index in [4.69, 9.17) is 5.11 Å². The van der Waals surface area contributed by atoms with Gasteiger partial charge in [0.25, 0.3) is 0 Å². The number of imidazole rings is 1. The number of carboxylic acids is 2. The number of thioether (sulfide) groups is 1. The SMILES string of the molecule is C/C=C(/C/C(=C\c1cnc(CCCC)n1Cc1ccc(C(=O)O)cc1)C(=O)O)SC. The Morgan fingerprint density at radius 3 is 2.43 bits per heavy atom. The molecule has 1 heterocycles. The molecule has 0 atom stereocenters. The van der Waals surface area contributed by atoms with Crippen molar-refractivity contribution in [3.8, 4) is 0 Å². The predicted molar refractivity (Wildman–Crippen MR) is 121 cm³/mol. The lowest BCUT2D eigenvalue weighted by Crippen LogP contribution is -2.09. The molecule has 0 aliphatic rings. The third kappa shape index (κ3) is 6.35. The molecule has 0 aliphatic heterocycles. The molecular weight excluding hydrogens is 400 g/mol. The third-order valence-electron chi connectivity index (χ3n) is 4.81. The van der Waals surface area contributed by atoms with Gasteiger partial charge in [0.2, 0.25) is 0 Å². The van der Waals surface area contributed by atoms with Crippen LogP contribution in [-0.4, -0.2) is 38.0 Å². The number of aryl methyl sites for hydroxylation is 1. The van der Waals surface area contributed by atoms with Gasteiger partial charge in [-0.05, 0) is 48.3 Å². The van der Waals surface area contributed by atoms with E-state index in [9.17, 15) is 14.7 Å². The highest BCUT2D eigenvalue weighted by molar-refractivity contribution is 8.02. The zero-order valence-electron chi connectivity index (χ0n) is 17.6. The monoisotopic (exact) mass is 428 g/mol. The second kappa shape index (κ2) is 11.4. The fraction of sp³-hybridized carbons (Fsp3) is 0.348. The van der Waals surface area contributed by atoms with E-state index in [2.05, 4.69) is 11.9 Å². The summed E-state index contributed by atoms with van der Waals surface area (Å²) in [5, 5.41) is 18.8. The summed E-state index contributed by atoms with van der Waals surface area (Å²) in [4.78, 5) is 28.5. The van der Waals surface area contributed by atoms with Crippen molar-refractivity contribution in [1.82, 2.24) is 9.55 Å². The van der Waals surface area contributed by atoms with Crippen molar-refractivity contribution >= 4 is 29.8 Å². The molecule has 0 spiro atoms. The Hall–Kier alpha value is -2.80. The van der Waals surface area contributed by atoms with Gasteiger partial charge in [0, 0.05) is 25.0 Å². The van der Waals surface area contributed by atoms with Crippen LogP contribution in [-0.2, 0) is 17.8 Å². The highest BCUT2D eigenvalue weighted by atomic mass is 32.2. The molecule has 6 nitrogen and oxygen atoms in total. The molecule has 2 N–H and O–H groups in total. The Morgan fingerprint density at radius 2 is 1.90 bits per heavy atom. The summed E-state index contributed by atoms with van der Waals surface area (Å²) in [6.07, 6.45) is 10.4. The predicted octanol–water partition coefficient (Wildman–Crippen LogP) is 5.10. The summed E-state index contributed by atoms with van der Waals surface area (Å²) in [6.45, 7) is 4.51. The minimum atomic E-state index is -0.962. The van der Waals surface area contributed by atoms with Crippen molar-refractivity contribution in [1.29, 1.82) is 0 Å². The number of aromatic nitrogens is 2. The average Bonchev–Trinajstić information content (AvgIpc) is 3.10. The van der Waals surface area contributed by atoms with Gasteiger partial charge in [0.05, 0.1) is 17.5 Å². The van der Waals surface area contributed by atoms with Crippen LogP contribution in [0.2, 0.25) is 0 Å². The van der Waals surface area contributed by atoms with E-state index in [0.717, 1.165) is 41.2 Å². The van der Waals surface area contributed by atoms with Crippen LogP contribution in [0.4, 0.5) is 0 Å². The molecule has 0 bridgehead atoms. The van der Waals surface area contributed by atoms with E-state index in [1.54, 1.807) is 36.5 Å². The zero-order valence-corrected chi connectivity index (χ0v) is 18.4. The van der Waals surface area contributed by atoms with Crippen molar-refractivity contribution in [2.45, 2.75) is 46.1 Å². The molecule has 2 aromatic rings. The van der Waals surface area contributed by atoms with Gasteiger partial charge in [0.15, 0.2) is 0 Å². The van der Waals surface area contributed by atoms with Gasteiger partial charge in [-0.1, -0.05) is 31.6 Å². The van der Waals surface area contributed by atoms with Gasteiger partial charge >= 0.3 is 11.9 Å². The number of carbonyl (C=O) groups is 2. The molecule has 0 fully saturated rings. The molecule has 7 heteroatoms. The van der Waals surface area contributed by atoms with E-state index in [-0.39, 0.29) is 5.56 Å². The standard InChI is InChI=1S/C23H28N2O4S/c1-4-6-7-21-24-14-19(12-18(23(28)29)13-20(5-2)30-3)25(21)15-16-8-10-17(11-9-16)22(26)27/h5,8-12,14H,4,6-7,13,15H2,1-3H3,(H,26,27)(H,28,29)/b18-12+,20-5-. The van der Waals surface area contributed by atoms with E-state index in [1.807, 2.05) is 23.8 Å². The number of benzene rings is 1. The lowest BCUT2D eigenvalue weighted by molar-refractivity contribution is -0.132. The van der Waals surface area contributed by atoms with Crippen molar-refractivity contribution in [2.24, 2.45) is 0 Å². The summed E-state index contributed by atoms with van der Waals surface area (Å²) >= 11 is 1.54. The lowest BCUT2D eigenvalue weighted by Gasteiger charge is -2.12. The van der Waals surface area contributed by atoms with Crippen molar-refractivity contribution in [3.05, 3.63) is 69.7 Å². The van der Waals surface area contributed by atoms with E-state index < -0.39 is 11.9 Å². The molecule has 2 rings (SSSR count). The van der Waals surface area contributed by atoms with Crippen molar-refractivity contribution in [2.75, 3.05) is 6.26 Å². The Balaban J connectivity index is 2.42. The van der Waals surface area contributed by atoms with Gasteiger partial charge < -0.3 is 14.8 Å². The first-order chi connectivity index (χ1) is 14.4. The van der Waals surface area contributed by atoms with Crippen LogP contribution in [0.3, 0.4) is 0 Å². The highest BCUT2D eigenvalue weighted by Gasteiger charge is 2.14. The zero-order chi connectivity index (χ0) is 22.1. The van der Waals surface area contributed by atoms with Crippen molar-refractivity contribution < 1.29 is 19.8 Å². The van der Waals surface area contributed by atoms with Crippen LogP contribution in [0, 0.1) is 0 Å². The number of aliphatic carboxylic acids is 1. The highest BCUT2D eigenvalue weighted by Crippen LogP contribution is 2.24. The Bertz CT molecular complexity index is 943. The normalized spacial score (nSPS) is 12.2. The summed E-state index contributed by atoms with van der Waals surface area (Å²) in [7, 11) is 0. The second-order valence-electron chi connectivity index (χ2n) is 6.90. The first kappa shape index (κ1) is 23.5. The van der Waals surface area contributed by atoms with Crippen LogP contribution in [0.5, 0.6) is 0 Å². The summed E-state index contributed by atoms with van der Waals surface area (Å²) in [6, 6.07) is 6.72. The van der Waals surface area contributed by atoms with Crippen LogP contribution >= 0.6 is 11.8 Å². The molecular formula is C23H28N2O4S. The molecule has 0 saturated heterocycles. The Kier molecular flexibility index (Phi) is 8.92. The van der Waals surface area contributed by atoms with E-state index >= 15 is 0 Å². The van der Waals surface area contributed by atoms with Crippen LogP contribution < -0.4 is 0 Å². The fourth-order valence-corrected chi connectivity index (χ4v) is 3.58. The number of hydrogen-bond donors (Lipinski definition) is 2. The van der Waals surface area contributed by atoms with Crippen molar-refractivity contribution in [3.63, 3.8) is 0 Å². The van der Waals surface area contributed by atoms with Gasteiger partial charge in [0.1, 0.15) is 5.82 Å². The van der Waals surface area contributed by atoms with E-state index in [0.29, 0.717) is 18.5 Å². The molecule has 160 valence electrons. The minimum Gasteiger partial charge on any atom is -0.478 e.